The molecule has 0 aromatic carbocycles. The second kappa shape index (κ2) is 51.5. The first-order chi connectivity index (χ1) is 35.0. The van der Waals surface area contributed by atoms with E-state index in [0.717, 1.165) is 122 Å². The lowest BCUT2D eigenvalue weighted by atomic mass is 10.1. The number of nitrogens with zero attached hydrogens (tertiary/aromatic N) is 1. The van der Waals surface area contributed by atoms with Crippen LogP contribution in [0, 0.1) is 0 Å². The summed E-state index contributed by atoms with van der Waals surface area (Å²) in [4.78, 5) is 25.3. The van der Waals surface area contributed by atoms with Crippen LogP contribution in [0.15, 0.2) is 182 Å². The first kappa shape index (κ1) is 67.6. The molecule has 0 aliphatic carbocycles. The van der Waals surface area contributed by atoms with Crippen LogP contribution in [-0.4, -0.2) is 68.5 Å². The maximum absolute atomic E-state index is 12.9. The molecule has 0 saturated carbocycles. The van der Waals surface area contributed by atoms with E-state index in [9.17, 15) is 19.4 Å². The Bertz CT molecular complexity index is 1810. The minimum absolute atomic E-state index is 0.0252. The van der Waals surface area contributed by atoms with Gasteiger partial charge in [0.15, 0.2) is 0 Å². The van der Waals surface area contributed by atoms with E-state index in [1.54, 1.807) is 6.08 Å². The van der Waals surface area contributed by atoms with Gasteiger partial charge in [0.2, 0.25) is 5.91 Å². The fraction of sp³-hybridized carbons (Fsp3) is 0.508. The predicted octanol–water partition coefficient (Wildman–Crippen LogP) is 16.0. The van der Waals surface area contributed by atoms with Gasteiger partial charge in [0.25, 0.3) is 7.82 Å². The number of hydrogen-bond donors (Lipinski definition) is 2. The number of nitrogens with one attached hydrogen (secondary N) is 1. The number of unbranched alkanes of at least 4 members (excludes halogenated alkanes) is 6. The van der Waals surface area contributed by atoms with Crippen molar-refractivity contribution in [2.24, 2.45) is 0 Å². The highest BCUT2D eigenvalue weighted by molar-refractivity contribution is 7.45. The van der Waals surface area contributed by atoms with Gasteiger partial charge in [0, 0.05) is 6.42 Å². The fourth-order valence-electron chi connectivity index (χ4n) is 6.46. The number of aliphatic hydroxyl groups excluding tert-OH is 1. The Kier molecular flexibility index (Phi) is 48.4. The molecule has 0 aromatic heterocycles. The summed E-state index contributed by atoms with van der Waals surface area (Å²) in [5.41, 5.74) is 0. The number of likely N-dealkylation sites (N-methyl/N-ethyl adjacent to an activating group) is 1. The van der Waals surface area contributed by atoms with Gasteiger partial charge in [-0.1, -0.05) is 202 Å². The Morgan fingerprint density at radius 3 is 1.28 bits per heavy atom. The summed E-state index contributed by atoms with van der Waals surface area (Å²) in [7, 11) is 1.18. The molecule has 0 aliphatic rings. The third kappa shape index (κ3) is 53.4. The van der Waals surface area contributed by atoms with Crippen LogP contribution < -0.4 is 10.2 Å². The molecular formula is C63H99N2O6P. The molecule has 1 amide bonds. The Morgan fingerprint density at radius 2 is 0.875 bits per heavy atom. The summed E-state index contributed by atoms with van der Waals surface area (Å²) < 4.78 is 23.1. The zero-order chi connectivity index (χ0) is 52.7. The highest BCUT2D eigenvalue weighted by atomic mass is 31.2. The first-order valence-corrected chi connectivity index (χ1v) is 28.6. The number of phosphoric acid groups is 1. The lowest BCUT2D eigenvalue weighted by Gasteiger charge is -2.29. The molecule has 3 atom stereocenters. The number of carbonyl (C=O) groups is 1. The number of amides is 1. The summed E-state index contributed by atoms with van der Waals surface area (Å²) >= 11 is 0. The second-order valence-electron chi connectivity index (χ2n) is 18.5. The number of hydrogen-bond acceptors (Lipinski definition) is 6. The molecule has 0 aliphatic heterocycles. The van der Waals surface area contributed by atoms with E-state index in [1.165, 1.54) is 0 Å². The Hall–Kier alpha value is -4.40. The molecule has 8 nitrogen and oxygen atoms in total. The summed E-state index contributed by atoms with van der Waals surface area (Å²) in [6.45, 7) is 4.20. The summed E-state index contributed by atoms with van der Waals surface area (Å²) in [5, 5.41) is 13.7. The Labute approximate surface area is 440 Å². The summed E-state index contributed by atoms with van der Waals surface area (Å²) in [6, 6.07) is -0.935. The molecular weight excluding hydrogens is 912 g/mol. The van der Waals surface area contributed by atoms with E-state index < -0.39 is 26.6 Å². The molecule has 3 unspecified atom stereocenters. The Balaban J connectivity index is 4.16. The molecule has 0 rings (SSSR count). The second-order valence-corrected chi connectivity index (χ2v) is 19.9. The molecule has 0 saturated heterocycles. The van der Waals surface area contributed by atoms with Crippen LogP contribution in [0.4, 0.5) is 0 Å². The lowest BCUT2D eigenvalue weighted by Crippen LogP contribution is -2.45. The first-order valence-electron chi connectivity index (χ1n) is 27.1. The van der Waals surface area contributed by atoms with Crippen LogP contribution in [-0.2, 0) is 18.4 Å². The molecule has 0 fully saturated rings. The van der Waals surface area contributed by atoms with Crippen molar-refractivity contribution < 1.29 is 32.9 Å². The van der Waals surface area contributed by atoms with Gasteiger partial charge in [-0.25, -0.2) is 0 Å². The van der Waals surface area contributed by atoms with Crippen molar-refractivity contribution in [1.29, 1.82) is 0 Å². The summed E-state index contributed by atoms with van der Waals surface area (Å²) in [5.74, 6) is -0.249. The van der Waals surface area contributed by atoms with Gasteiger partial charge < -0.3 is 28.8 Å². The van der Waals surface area contributed by atoms with Crippen LogP contribution in [0.2, 0.25) is 0 Å². The van der Waals surface area contributed by atoms with E-state index in [-0.39, 0.29) is 18.9 Å². The Morgan fingerprint density at radius 1 is 0.514 bits per heavy atom. The van der Waals surface area contributed by atoms with Crippen LogP contribution in [0.5, 0.6) is 0 Å². The molecule has 72 heavy (non-hydrogen) atoms. The molecule has 0 radical (unpaired) electrons. The van der Waals surface area contributed by atoms with Crippen molar-refractivity contribution in [3.63, 3.8) is 0 Å². The molecule has 0 bridgehead atoms. The van der Waals surface area contributed by atoms with Crippen molar-refractivity contribution in [2.75, 3.05) is 40.9 Å². The van der Waals surface area contributed by atoms with E-state index in [0.29, 0.717) is 23.9 Å². The van der Waals surface area contributed by atoms with Gasteiger partial charge in [-0.15, -0.1) is 0 Å². The highest BCUT2D eigenvalue weighted by Crippen LogP contribution is 2.38. The van der Waals surface area contributed by atoms with Crippen LogP contribution in [0.25, 0.3) is 0 Å². The fourth-order valence-corrected chi connectivity index (χ4v) is 7.19. The normalized spacial score (nSPS) is 15.4. The van der Waals surface area contributed by atoms with Crippen molar-refractivity contribution in [1.82, 2.24) is 5.32 Å². The van der Waals surface area contributed by atoms with Crippen molar-refractivity contribution in [2.45, 2.75) is 167 Å². The van der Waals surface area contributed by atoms with E-state index in [2.05, 4.69) is 176 Å². The third-order valence-electron chi connectivity index (χ3n) is 10.7. The maximum atomic E-state index is 12.9. The minimum atomic E-state index is -4.62. The smallest absolute Gasteiger partial charge is 0.268 e. The number of aliphatic hydroxyl groups is 1. The molecule has 2 N–H and O–H groups in total. The van der Waals surface area contributed by atoms with Crippen LogP contribution in [0.1, 0.15) is 155 Å². The average molecular weight is 1010 g/mol. The highest BCUT2D eigenvalue weighted by Gasteiger charge is 2.23. The van der Waals surface area contributed by atoms with Gasteiger partial charge in [-0.2, -0.15) is 0 Å². The maximum Gasteiger partial charge on any atom is 0.268 e. The number of rotatable bonds is 46. The number of allylic oxidation sites excluding steroid dienone is 29. The monoisotopic (exact) mass is 1010 g/mol. The molecule has 0 aromatic rings. The van der Waals surface area contributed by atoms with E-state index in [1.807, 2.05) is 40.2 Å². The van der Waals surface area contributed by atoms with Gasteiger partial charge in [-0.05, 0) is 129 Å². The van der Waals surface area contributed by atoms with Crippen molar-refractivity contribution in [3.05, 3.63) is 182 Å². The summed E-state index contributed by atoms with van der Waals surface area (Å²) in [6.07, 6.45) is 84.4. The van der Waals surface area contributed by atoms with Crippen LogP contribution in [0.3, 0.4) is 0 Å². The SMILES string of the molecule is C/C=C/CC/C=C/CC/C=C/C(O)C(COP(=O)([O-])OCC[N+](C)(C)C)NC(=O)CCCCCC/C=C\C/C=C\C/C=C\C/C=C\C/C=C\C/C=C\C/C=C\C/C=C\C/C=C\C/C=C\C/C=C\C/C=C\CC. The van der Waals surface area contributed by atoms with Gasteiger partial charge >= 0.3 is 0 Å². The topological polar surface area (TPSA) is 108 Å². The third-order valence-corrected chi connectivity index (χ3v) is 11.6. The molecule has 402 valence electrons. The van der Waals surface area contributed by atoms with E-state index >= 15 is 0 Å². The number of phosphoric ester groups is 1. The van der Waals surface area contributed by atoms with E-state index in [4.69, 9.17) is 9.05 Å². The molecule has 9 heteroatoms. The average Bonchev–Trinajstić information content (AvgIpc) is 3.34. The standard InChI is InChI=1S/C63H99N2O6P/c1-6-8-10-12-14-16-17-18-19-20-21-22-23-24-25-26-27-28-29-30-31-32-33-34-35-36-37-38-39-40-41-42-43-44-45-46-47-49-51-53-55-57-63(67)64-61(60-71-72(68,69)70-59-58-65(3,4)5)62(66)56-54-52-50-48-15-13-11-9-7-2/h7-10,14-16,18-19,21-22,24-25,27-28,30-31,33-34,36-37,39-40,42-43,45-46,48,54,56,61-62,66H,6,11-13,17,20,23,26,29,32,35,38,41,44,47,49-53,55,57-60H2,1-5H3,(H-,64,67,68,69)/b9-7+,10-8-,16-14-,19-18-,22-21-,25-24-,28-27-,31-30-,34-33-,37-36-,40-39-,43-42-,46-45-,48-15+,56-54+. The van der Waals surface area contributed by atoms with Gasteiger partial charge in [-0.3, -0.25) is 9.36 Å². The number of carbonyl (C=O) groups excluding carboxylic acids is 1. The lowest BCUT2D eigenvalue weighted by molar-refractivity contribution is -0.870. The zero-order valence-corrected chi connectivity index (χ0v) is 46.4. The predicted molar refractivity (Wildman–Crippen MR) is 310 cm³/mol. The zero-order valence-electron chi connectivity index (χ0n) is 45.5. The quantitative estimate of drug-likeness (QED) is 0.0272. The molecule has 0 spiro atoms. The van der Waals surface area contributed by atoms with Gasteiger partial charge in [0.05, 0.1) is 39.9 Å². The van der Waals surface area contributed by atoms with Crippen LogP contribution >= 0.6 is 7.82 Å². The largest absolute Gasteiger partial charge is 0.756 e. The molecule has 0 heterocycles. The van der Waals surface area contributed by atoms with Gasteiger partial charge in [0.1, 0.15) is 13.2 Å². The number of quaternary nitrogens is 1. The van der Waals surface area contributed by atoms with Crippen molar-refractivity contribution in [3.8, 4) is 0 Å². The van der Waals surface area contributed by atoms with Crippen molar-refractivity contribution >= 4 is 13.7 Å². The minimum Gasteiger partial charge on any atom is -0.756 e.